The zero-order chi connectivity index (χ0) is 18.2. The Balaban J connectivity index is 1.52. The van der Waals surface area contributed by atoms with Crippen molar-refractivity contribution in [2.45, 2.75) is 13.5 Å². The van der Waals surface area contributed by atoms with Gasteiger partial charge >= 0.3 is 0 Å². The van der Waals surface area contributed by atoms with Gasteiger partial charge in [-0.05, 0) is 47.4 Å². The molecule has 0 aliphatic rings. The van der Waals surface area contributed by atoms with E-state index >= 15 is 0 Å². The van der Waals surface area contributed by atoms with Gasteiger partial charge in [-0.2, -0.15) is 4.98 Å². The van der Waals surface area contributed by atoms with E-state index in [0.717, 1.165) is 39.7 Å². The van der Waals surface area contributed by atoms with E-state index < -0.39 is 0 Å². The van der Waals surface area contributed by atoms with Crippen molar-refractivity contribution in [2.75, 3.05) is 11.4 Å². The van der Waals surface area contributed by atoms with Crippen molar-refractivity contribution < 1.29 is 0 Å². The Bertz CT molecular complexity index is 1210. The molecule has 0 aliphatic carbocycles. The van der Waals surface area contributed by atoms with Gasteiger partial charge < -0.3 is 4.90 Å². The van der Waals surface area contributed by atoms with Gasteiger partial charge in [-0.25, -0.2) is 8.77 Å². The fourth-order valence-corrected chi connectivity index (χ4v) is 4.12. The fourth-order valence-electron chi connectivity index (χ4n) is 3.11. The van der Waals surface area contributed by atoms with Crippen LogP contribution in [-0.2, 0) is 6.54 Å². The molecular formula is C18H16N8S. The van der Waals surface area contributed by atoms with E-state index in [-0.39, 0.29) is 0 Å². The molecule has 134 valence electrons. The lowest BCUT2D eigenvalue weighted by Gasteiger charge is -2.20. The largest absolute Gasteiger partial charge is 0.343 e. The summed E-state index contributed by atoms with van der Waals surface area (Å²) in [4.78, 5) is 13.1. The van der Waals surface area contributed by atoms with E-state index in [4.69, 9.17) is 4.98 Å². The van der Waals surface area contributed by atoms with E-state index in [1.54, 1.807) is 16.3 Å². The number of aromatic nitrogens is 7. The van der Waals surface area contributed by atoms with Crippen LogP contribution in [-0.4, -0.2) is 40.5 Å². The zero-order valence-corrected chi connectivity index (χ0v) is 15.4. The SMILES string of the molecule is CCN(Cc1ccccc1-n1ncnn1)c1nc2nc3ccccc3n2s1. The lowest BCUT2D eigenvalue weighted by molar-refractivity contribution is 0.705. The maximum absolute atomic E-state index is 4.76. The van der Waals surface area contributed by atoms with Crippen molar-refractivity contribution >= 4 is 33.5 Å². The van der Waals surface area contributed by atoms with E-state index in [1.807, 2.05) is 36.4 Å². The molecule has 2 aromatic carbocycles. The molecule has 0 fully saturated rings. The molecule has 0 amide bonds. The lowest BCUT2D eigenvalue weighted by atomic mass is 10.1. The highest BCUT2D eigenvalue weighted by Crippen LogP contribution is 2.27. The summed E-state index contributed by atoms with van der Waals surface area (Å²) in [5.41, 5.74) is 4.07. The predicted octanol–water partition coefficient (Wildman–Crippen LogP) is 2.95. The third kappa shape index (κ3) is 2.72. The van der Waals surface area contributed by atoms with Crippen molar-refractivity contribution in [3.63, 3.8) is 0 Å². The second-order valence-corrected chi connectivity index (χ2v) is 6.96. The molecule has 3 aromatic heterocycles. The molecule has 0 saturated heterocycles. The van der Waals surface area contributed by atoms with E-state index in [2.05, 4.69) is 48.1 Å². The summed E-state index contributed by atoms with van der Waals surface area (Å²) >= 11 is 1.61. The number of hydrogen-bond acceptors (Lipinski definition) is 7. The van der Waals surface area contributed by atoms with E-state index in [0.29, 0.717) is 6.54 Å². The first-order chi connectivity index (χ1) is 13.3. The molecule has 0 unspecified atom stereocenters. The highest BCUT2D eigenvalue weighted by molar-refractivity contribution is 7.10. The van der Waals surface area contributed by atoms with Crippen LogP contribution in [0.4, 0.5) is 5.13 Å². The summed E-state index contributed by atoms with van der Waals surface area (Å²) in [5, 5.41) is 12.9. The topological polar surface area (TPSA) is 77.0 Å². The second-order valence-electron chi connectivity index (χ2n) is 6.05. The number of anilines is 1. The van der Waals surface area contributed by atoms with E-state index in [1.165, 1.54) is 6.33 Å². The van der Waals surface area contributed by atoms with Gasteiger partial charge in [-0.3, -0.25) is 0 Å². The Morgan fingerprint density at radius 1 is 1.04 bits per heavy atom. The summed E-state index contributed by atoms with van der Waals surface area (Å²) < 4.78 is 2.08. The summed E-state index contributed by atoms with van der Waals surface area (Å²) in [6.07, 6.45) is 1.44. The third-order valence-electron chi connectivity index (χ3n) is 4.44. The molecule has 0 spiro atoms. The first-order valence-electron chi connectivity index (χ1n) is 8.64. The van der Waals surface area contributed by atoms with Gasteiger partial charge in [0.25, 0.3) is 0 Å². The number of para-hydroxylation sites is 3. The Morgan fingerprint density at radius 3 is 2.74 bits per heavy atom. The average Bonchev–Trinajstić information content (AvgIpc) is 3.42. The fraction of sp³-hybridized carbons (Fsp3) is 0.167. The number of fused-ring (bicyclic) bond motifs is 3. The Morgan fingerprint density at radius 2 is 1.89 bits per heavy atom. The molecule has 0 saturated carbocycles. The molecule has 0 bridgehead atoms. The molecule has 5 rings (SSSR count). The summed E-state index contributed by atoms with van der Waals surface area (Å²) in [6, 6.07) is 16.2. The quantitative estimate of drug-likeness (QED) is 0.469. The van der Waals surface area contributed by atoms with Gasteiger partial charge in [-0.1, -0.05) is 30.3 Å². The highest BCUT2D eigenvalue weighted by Gasteiger charge is 2.17. The molecular weight excluding hydrogens is 360 g/mol. The molecule has 9 heteroatoms. The third-order valence-corrected chi connectivity index (χ3v) is 5.50. The molecule has 0 radical (unpaired) electrons. The molecule has 0 N–H and O–H groups in total. The van der Waals surface area contributed by atoms with Crippen molar-refractivity contribution in [2.24, 2.45) is 0 Å². The number of tetrazole rings is 1. The molecule has 3 heterocycles. The first kappa shape index (κ1) is 15.9. The van der Waals surface area contributed by atoms with Crippen molar-refractivity contribution in [3.05, 3.63) is 60.4 Å². The van der Waals surface area contributed by atoms with Crippen molar-refractivity contribution in [3.8, 4) is 5.69 Å². The van der Waals surface area contributed by atoms with Crippen molar-refractivity contribution in [1.29, 1.82) is 0 Å². The van der Waals surface area contributed by atoms with Gasteiger partial charge in [0.05, 0.1) is 16.7 Å². The van der Waals surface area contributed by atoms with Crippen LogP contribution in [0.15, 0.2) is 54.9 Å². The van der Waals surface area contributed by atoms with Crippen LogP contribution in [0.1, 0.15) is 12.5 Å². The smallest absolute Gasteiger partial charge is 0.247 e. The van der Waals surface area contributed by atoms with Gasteiger partial charge in [-0.15, -0.1) is 15.0 Å². The monoisotopic (exact) mass is 376 g/mol. The molecule has 5 aromatic rings. The van der Waals surface area contributed by atoms with Crippen molar-refractivity contribution in [1.82, 2.24) is 34.0 Å². The minimum absolute atomic E-state index is 0.697. The number of imidazole rings is 1. The zero-order valence-electron chi connectivity index (χ0n) is 14.6. The van der Waals surface area contributed by atoms with Gasteiger partial charge in [0.1, 0.15) is 0 Å². The number of rotatable bonds is 5. The number of benzene rings is 2. The van der Waals surface area contributed by atoms with Gasteiger partial charge in [0.2, 0.25) is 10.9 Å². The Labute approximate surface area is 158 Å². The Kier molecular flexibility index (Phi) is 3.79. The van der Waals surface area contributed by atoms with Crippen LogP contribution in [0.25, 0.3) is 22.5 Å². The molecule has 8 nitrogen and oxygen atoms in total. The predicted molar refractivity (Wildman–Crippen MR) is 104 cm³/mol. The Hall–Kier alpha value is -3.33. The summed E-state index contributed by atoms with van der Waals surface area (Å²) in [5.74, 6) is 0.737. The summed E-state index contributed by atoms with van der Waals surface area (Å²) in [6.45, 7) is 3.65. The van der Waals surface area contributed by atoms with E-state index in [9.17, 15) is 0 Å². The van der Waals surface area contributed by atoms with Crippen LogP contribution in [0.5, 0.6) is 0 Å². The van der Waals surface area contributed by atoms with Crippen LogP contribution >= 0.6 is 11.5 Å². The molecule has 27 heavy (non-hydrogen) atoms. The average molecular weight is 376 g/mol. The van der Waals surface area contributed by atoms with Gasteiger partial charge in [0, 0.05) is 13.1 Å². The number of hydrogen-bond donors (Lipinski definition) is 0. The minimum atomic E-state index is 0.697. The first-order valence-corrected chi connectivity index (χ1v) is 9.41. The highest BCUT2D eigenvalue weighted by atomic mass is 32.1. The van der Waals surface area contributed by atoms with Crippen LogP contribution < -0.4 is 4.90 Å². The second kappa shape index (κ2) is 6.44. The number of nitrogens with zero attached hydrogens (tertiary/aromatic N) is 8. The summed E-state index contributed by atoms with van der Waals surface area (Å²) in [7, 11) is 0. The lowest BCUT2D eigenvalue weighted by Crippen LogP contribution is -2.23. The maximum atomic E-state index is 4.76. The van der Waals surface area contributed by atoms with Crippen LogP contribution in [0, 0.1) is 0 Å². The minimum Gasteiger partial charge on any atom is -0.343 e. The maximum Gasteiger partial charge on any atom is 0.247 e. The normalized spacial score (nSPS) is 11.4. The molecule has 0 atom stereocenters. The van der Waals surface area contributed by atoms with Crippen LogP contribution in [0.2, 0.25) is 0 Å². The van der Waals surface area contributed by atoms with Crippen LogP contribution in [0.3, 0.4) is 0 Å². The molecule has 0 aliphatic heterocycles. The standard InChI is InChI=1S/C18H16N8S/c1-2-24(11-13-7-3-5-9-15(13)26-20-12-19-23-26)18-22-17-21-14-8-4-6-10-16(14)25(17)27-18/h3-10,12H,2,11H2,1H3. The van der Waals surface area contributed by atoms with Gasteiger partial charge in [0.15, 0.2) is 6.33 Å².